The number of fused-ring (bicyclic) bond motifs is 1. The summed E-state index contributed by atoms with van der Waals surface area (Å²) in [6.07, 6.45) is 1.17. The molecule has 0 fully saturated rings. The van der Waals surface area contributed by atoms with Crippen LogP contribution in [0.1, 0.15) is 32.7 Å². The second-order valence-electron chi connectivity index (χ2n) is 6.27. The van der Waals surface area contributed by atoms with Crippen molar-refractivity contribution < 1.29 is 9.59 Å². The summed E-state index contributed by atoms with van der Waals surface area (Å²) >= 11 is 5.96. The summed E-state index contributed by atoms with van der Waals surface area (Å²) in [4.78, 5) is 25.0. The zero-order valence-electron chi connectivity index (χ0n) is 14.0. The molecule has 0 spiro atoms. The Morgan fingerprint density at radius 2 is 1.73 bits per heavy atom. The number of rotatable bonds is 3. The zero-order chi connectivity index (χ0) is 18.1. The first-order chi connectivity index (χ1) is 12.6. The zero-order valence-corrected chi connectivity index (χ0v) is 14.7. The van der Waals surface area contributed by atoms with Crippen LogP contribution < -0.4 is 5.32 Å². The van der Waals surface area contributed by atoms with E-state index in [0.717, 1.165) is 16.7 Å². The highest BCUT2D eigenvalue weighted by Crippen LogP contribution is 2.37. The molecule has 0 saturated heterocycles. The standard InChI is InChI=1S/C22H16ClNO2/c23-16-8-4-7-15(13-16)22(26)24-19-11-9-17(14-5-2-1-3-6-14)18-10-12-20(25)21(18)19/h1-9,11,13H,10,12H2,(H,24,26). The van der Waals surface area contributed by atoms with E-state index < -0.39 is 0 Å². The van der Waals surface area contributed by atoms with Crippen molar-refractivity contribution >= 4 is 29.0 Å². The van der Waals surface area contributed by atoms with E-state index in [0.29, 0.717) is 34.7 Å². The van der Waals surface area contributed by atoms with Crippen molar-refractivity contribution in [1.82, 2.24) is 0 Å². The van der Waals surface area contributed by atoms with Crippen molar-refractivity contribution in [3.63, 3.8) is 0 Å². The number of carbonyl (C=O) groups is 2. The van der Waals surface area contributed by atoms with E-state index in [1.54, 1.807) is 24.3 Å². The third-order valence-corrected chi connectivity index (χ3v) is 4.85. The minimum absolute atomic E-state index is 0.0687. The largest absolute Gasteiger partial charge is 0.321 e. The number of Topliss-reactive ketones (excluding diaryl/α,β-unsaturated/α-hetero) is 1. The normalized spacial score (nSPS) is 12.7. The van der Waals surface area contributed by atoms with E-state index in [-0.39, 0.29) is 11.7 Å². The fraction of sp³-hybridized carbons (Fsp3) is 0.0909. The second-order valence-corrected chi connectivity index (χ2v) is 6.70. The lowest BCUT2D eigenvalue weighted by Gasteiger charge is -2.14. The first-order valence-electron chi connectivity index (χ1n) is 8.45. The van der Waals surface area contributed by atoms with Crippen LogP contribution in [0.4, 0.5) is 5.69 Å². The average Bonchev–Trinajstić information content (AvgIpc) is 3.05. The van der Waals surface area contributed by atoms with Crippen LogP contribution in [0.25, 0.3) is 11.1 Å². The van der Waals surface area contributed by atoms with Crippen LogP contribution >= 0.6 is 11.6 Å². The molecule has 4 heteroatoms. The van der Waals surface area contributed by atoms with Gasteiger partial charge in [0.25, 0.3) is 5.91 Å². The maximum Gasteiger partial charge on any atom is 0.255 e. The molecule has 0 radical (unpaired) electrons. The van der Waals surface area contributed by atoms with Crippen molar-refractivity contribution in [2.75, 3.05) is 5.32 Å². The molecule has 0 saturated carbocycles. The Labute approximate surface area is 156 Å². The molecule has 3 nitrogen and oxygen atoms in total. The van der Waals surface area contributed by atoms with Crippen molar-refractivity contribution in [1.29, 1.82) is 0 Å². The summed E-state index contributed by atoms with van der Waals surface area (Å²) in [6, 6.07) is 20.5. The average molecular weight is 362 g/mol. The second kappa shape index (κ2) is 6.77. The maximum absolute atomic E-state index is 12.5. The van der Waals surface area contributed by atoms with Crippen molar-refractivity contribution in [2.24, 2.45) is 0 Å². The lowest BCUT2D eigenvalue weighted by Crippen LogP contribution is -2.14. The van der Waals surface area contributed by atoms with Crippen molar-refractivity contribution in [3.05, 3.63) is 88.4 Å². The van der Waals surface area contributed by atoms with Gasteiger partial charge in [0.15, 0.2) is 5.78 Å². The number of benzene rings is 3. The Kier molecular flexibility index (Phi) is 4.31. The van der Waals surface area contributed by atoms with E-state index in [2.05, 4.69) is 5.32 Å². The van der Waals surface area contributed by atoms with Crippen molar-refractivity contribution in [2.45, 2.75) is 12.8 Å². The quantitative estimate of drug-likeness (QED) is 0.680. The molecule has 0 atom stereocenters. The van der Waals surface area contributed by atoms with Gasteiger partial charge in [-0.05, 0) is 47.4 Å². The van der Waals surface area contributed by atoms with Crippen LogP contribution in [0.5, 0.6) is 0 Å². The summed E-state index contributed by atoms with van der Waals surface area (Å²) in [5, 5.41) is 3.37. The molecule has 0 heterocycles. The molecular formula is C22H16ClNO2. The predicted molar refractivity (Wildman–Crippen MR) is 104 cm³/mol. The smallest absolute Gasteiger partial charge is 0.255 e. The van der Waals surface area contributed by atoms with Gasteiger partial charge in [0.1, 0.15) is 0 Å². The number of carbonyl (C=O) groups excluding carboxylic acids is 2. The number of anilines is 1. The van der Waals surface area contributed by atoms with Crippen LogP contribution in [0.2, 0.25) is 5.02 Å². The van der Waals surface area contributed by atoms with Gasteiger partial charge < -0.3 is 5.32 Å². The number of nitrogens with one attached hydrogen (secondary N) is 1. The molecular weight excluding hydrogens is 346 g/mol. The monoisotopic (exact) mass is 361 g/mol. The van der Waals surface area contributed by atoms with Gasteiger partial charge in [-0.1, -0.05) is 54.1 Å². The van der Waals surface area contributed by atoms with Gasteiger partial charge in [0, 0.05) is 22.6 Å². The van der Waals surface area contributed by atoms with Crippen molar-refractivity contribution in [3.8, 4) is 11.1 Å². The summed E-state index contributed by atoms with van der Waals surface area (Å²) in [7, 11) is 0. The van der Waals surface area contributed by atoms with E-state index in [1.807, 2.05) is 42.5 Å². The van der Waals surface area contributed by atoms with Gasteiger partial charge in [-0.25, -0.2) is 0 Å². The van der Waals surface area contributed by atoms with Gasteiger partial charge in [-0.2, -0.15) is 0 Å². The molecule has 26 heavy (non-hydrogen) atoms. The third kappa shape index (κ3) is 3.02. The fourth-order valence-electron chi connectivity index (χ4n) is 3.41. The molecule has 0 aromatic heterocycles. The predicted octanol–water partition coefficient (Wildman–Crippen LogP) is 5.39. The van der Waals surface area contributed by atoms with E-state index in [4.69, 9.17) is 11.6 Å². The Morgan fingerprint density at radius 1 is 0.923 bits per heavy atom. The molecule has 128 valence electrons. The minimum Gasteiger partial charge on any atom is -0.321 e. The molecule has 3 aromatic rings. The molecule has 1 aliphatic rings. The molecule has 0 aliphatic heterocycles. The fourth-order valence-corrected chi connectivity index (χ4v) is 3.60. The number of hydrogen-bond donors (Lipinski definition) is 1. The van der Waals surface area contributed by atoms with Crippen LogP contribution in [0.3, 0.4) is 0 Å². The van der Waals surface area contributed by atoms with Crippen LogP contribution in [-0.2, 0) is 6.42 Å². The Bertz CT molecular complexity index is 1010. The lowest BCUT2D eigenvalue weighted by atomic mass is 9.95. The minimum atomic E-state index is -0.276. The van der Waals surface area contributed by atoms with Crippen LogP contribution in [0, 0.1) is 0 Å². The maximum atomic E-state index is 12.5. The molecule has 1 amide bonds. The third-order valence-electron chi connectivity index (χ3n) is 4.61. The SMILES string of the molecule is O=C(Nc1ccc(-c2ccccc2)c2c1C(=O)CC2)c1cccc(Cl)c1. The van der Waals surface area contributed by atoms with Gasteiger partial charge in [0.2, 0.25) is 0 Å². The van der Waals surface area contributed by atoms with Crippen LogP contribution in [-0.4, -0.2) is 11.7 Å². The van der Waals surface area contributed by atoms with E-state index in [9.17, 15) is 9.59 Å². The molecule has 0 unspecified atom stereocenters. The molecule has 4 rings (SSSR count). The van der Waals surface area contributed by atoms with Gasteiger partial charge in [0.05, 0.1) is 5.69 Å². The Hall–Kier alpha value is -2.91. The number of halogens is 1. The lowest BCUT2D eigenvalue weighted by molar-refractivity contribution is 0.0995. The molecule has 1 aliphatic carbocycles. The van der Waals surface area contributed by atoms with Gasteiger partial charge >= 0.3 is 0 Å². The van der Waals surface area contributed by atoms with Gasteiger partial charge in [-0.15, -0.1) is 0 Å². The number of ketones is 1. The highest BCUT2D eigenvalue weighted by atomic mass is 35.5. The Balaban J connectivity index is 1.73. The van der Waals surface area contributed by atoms with Crippen LogP contribution in [0.15, 0.2) is 66.7 Å². The first-order valence-corrected chi connectivity index (χ1v) is 8.83. The summed E-state index contributed by atoms with van der Waals surface area (Å²) in [6.45, 7) is 0. The summed E-state index contributed by atoms with van der Waals surface area (Å²) in [5.41, 5.74) is 4.78. The molecule has 3 aromatic carbocycles. The Morgan fingerprint density at radius 3 is 2.50 bits per heavy atom. The highest BCUT2D eigenvalue weighted by Gasteiger charge is 2.27. The van der Waals surface area contributed by atoms with Gasteiger partial charge in [-0.3, -0.25) is 9.59 Å². The summed E-state index contributed by atoms with van der Waals surface area (Å²) < 4.78 is 0. The number of hydrogen-bond acceptors (Lipinski definition) is 2. The molecule has 1 N–H and O–H groups in total. The first kappa shape index (κ1) is 16.6. The number of amides is 1. The highest BCUT2D eigenvalue weighted by molar-refractivity contribution is 6.31. The molecule has 0 bridgehead atoms. The summed E-state index contributed by atoms with van der Waals surface area (Å²) in [5.74, 6) is -0.207. The van der Waals surface area contributed by atoms with E-state index in [1.165, 1.54) is 0 Å². The topological polar surface area (TPSA) is 46.2 Å². The van der Waals surface area contributed by atoms with E-state index >= 15 is 0 Å².